The lowest BCUT2D eigenvalue weighted by atomic mass is 10.0. The number of sulfonamides is 1. The third kappa shape index (κ3) is 4.74. The normalized spacial score (nSPS) is 14.5. The number of rotatable bonds is 9. The number of carbonyl (C=O) groups is 3. The van der Waals surface area contributed by atoms with E-state index >= 15 is 0 Å². The first-order chi connectivity index (χ1) is 14.3. The standard InChI is InChI=1S/C21H23N3O5S/c1-2-30(28,29)23-13-12-22-19(25)18(14-15-8-4-3-5-9-15)24-20(26)16-10-6-7-11-17(16)21(24)27/h3-11,18,23H,2,12-14H2,1H3,(H,22,25). The molecule has 1 aliphatic heterocycles. The van der Waals surface area contributed by atoms with Crippen LogP contribution < -0.4 is 10.0 Å². The van der Waals surface area contributed by atoms with Gasteiger partial charge in [-0.15, -0.1) is 0 Å². The zero-order chi connectivity index (χ0) is 21.7. The van der Waals surface area contributed by atoms with E-state index in [1.807, 2.05) is 30.3 Å². The minimum atomic E-state index is -3.38. The van der Waals surface area contributed by atoms with E-state index in [9.17, 15) is 22.8 Å². The summed E-state index contributed by atoms with van der Waals surface area (Å²) in [5.41, 5.74) is 1.33. The molecule has 0 saturated heterocycles. The highest BCUT2D eigenvalue weighted by Crippen LogP contribution is 2.26. The molecule has 8 nitrogen and oxygen atoms in total. The summed E-state index contributed by atoms with van der Waals surface area (Å²) in [6.07, 6.45) is 0.152. The molecule has 0 bridgehead atoms. The molecule has 2 N–H and O–H groups in total. The third-order valence-corrected chi connectivity index (χ3v) is 6.24. The van der Waals surface area contributed by atoms with Crippen LogP contribution in [0.25, 0.3) is 0 Å². The molecule has 0 saturated carbocycles. The number of carbonyl (C=O) groups excluding carboxylic acids is 3. The van der Waals surface area contributed by atoms with Crippen molar-refractivity contribution >= 4 is 27.7 Å². The van der Waals surface area contributed by atoms with Crippen molar-refractivity contribution < 1.29 is 22.8 Å². The van der Waals surface area contributed by atoms with Crippen LogP contribution in [0.2, 0.25) is 0 Å². The molecule has 0 aromatic heterocycles. The van der Waals surface area contributed by atoms with E-state index in [4.69, 9.17) is 0 Å². The first kappa shape index (κ1) is 21.7. The summed E-state index contributed by atoms with van der Waals surface area (Å²) in [6, 6.07) is 14.5. The second-order valence-electron chi connectivity index (χ2n) is 6.82. The molecule has 0 fully saturated rings. The van der Waals surface area contributed by atoms with Crippen LogP contribution in [-0.4, -0.2) is 55.9 Å². The van der Waals surface area contributed by atoms with Crippen LogP contribution >= 0.6 is 0 Å². The number of hydrogen-bond donors (Lipinski definition) is 2. The Morgan fingerprint density at radius 1 is 0.933 bits per heavy atom. The molecule has 9 heteroatoms. The first-order valence-electron chi connectivity index (χ1n) is 9.60. The van der Waals surface area contributed by atoms with Crippen molar-refractivity contribution in [3.63, 3.8) is 0 Å². The number of fused-ring (bicyclic) bond motifs is 1. The first-order valence-corrected chi connectivity index (χ1v) is 11.2. The SMILES string of the molecule is CCS(=O)(=O)NCCNC(=O)C(Cc1ccccc1)N1C(=O)c2ccccc2C1=O. The Balaban J connectivity index is 1.78. The van der Waals surface area contributed by atoms with Crippen molar-refractivity contribution in [2.45, 2.75) is 19.4 Å². The van der Waals surface area contributed by atoms with E-state index in [0.29, 0.717) is 0 Å². The molecule has 30 heavy (non-hydrogen) atoms. The largest absolute Gasteiger partial charge is 0.353 e. The maximum Gasteiger partial charge on any atom is 0.262 e. The second kappa shape index (κ2) is 9.19. The Kier molecular flexibility index (Phi) is 6.63. The van der Waals surface area contributed by atoms with Gasteiger partial charge in [0, 0.05) is 19.5 Å². The highest BCUT2D eigenvalue weighted by Gasteiger charge is 2.42. The van der Waals surface area contributed by atoms with Crippen LogP contribution in [0.3, 0.4) is 0 Å². The number of hydrogen-bond acceptors (Lipinski definition) is 5. The summed E-state index contributed by atoms with van der Waals surface area (Å²) in [5, 5.41) is 2.63. The number of nitrogens with one attached hydrogen (secondary N) is 2. The molecule has 3 rings (SSSR count). The van der Waals surface area contributed by atoms with Crippen LogP contribution in [0, 0.1) is 0 Å². The molecule has 3 amide bonds. The number of benzene rings is 2. The van der Waals surface area contributed by atoms with Gasteiger partial charge in [-0.3, -0.25) is 19.3 Å². The summed E-state index contributed by atoms with van der Waals surface area (Å²) in [4.78, 5) is 39.7. The van der Waals surface area contributed by atoms with Crippen molar-refractivity contribution in [2.75, 3.05) is 18.8 Å². The van der Waals surface area contributed by atoms with Gasteiger partial charge in [-0.25, -0.2) is 13.1 Å². The van der Waals surface area contributed by atoms with Gasteiger partial charge in [-0.05, 0) is 24.6 Å². The lowest BCUT2D eigenvalue weighted by Gasteiger charge is -2.25. The smallest absolute Gasteiger partial charge is 0.262 e. The number of amides is 3. The Morgan fingerprint density at radius 2 is 1.50 bits per heavy atom. The number of nitrogens with zero attached hydrogens (tertiary/aromatic N) is 1. The monoisotopic (exact) mass is 429 g/mol. The van der Waals surface area contributed by atoms with Gasteiger partial charge in [0.15, 0.2) is 0 Å². The summed E-state index contributed by atoms with van der Waals surface area (Å²) >= 11 is 0. The van der Waals surface area contributed by atoms with Crippen molar-refractivity contribution in [1.82, 2.24) is 14.9 Å². The highest BCUT2D eigenvalue weighted by molar-refractivity contribution is 7.89. The summed E-state index contributed by atoms with van der Waals surface area (Å²) < 4.78 is 25.4. The Hall–Kier alpha value is -3.04. The Labute approximate surface area is 175 Å². The third-order valence-electron chi connectivity index (χ3n) is 4.84. The molecular formula is C21H23N3O5S. The minimum Gasteiger partial charge on any atom is -0.353 e. The van der Waals surface area contributed by atoms with E-state index < -0.39 is 33.8 Å². The molecule has 0 aliphatic carbocycles. The molecule has 2 aromatic carbocycles. The van der Waals surface area contributed by atoms with E-state index in [1.165, 1.54) is 6.92 Å². The van der Waals surface area contributed by atoms with Crippen molar-refractivity contribution in [1.29, 1.82) is 0 Å². The van der Waals surface area contributed by atoms with E-state index in [2.05, 4.69) is 10.0 Å². The van der Waals surface area contributed by atoms with Gasteiger partial charge in [0.05, 0.1) is 16.9 Å². The van der Waals surface area contributed by atoms with E-state index in [0.717, 1.165) is 10.5 Å². The molecule has 1 heterocycles. The van der Waals surface area contributed by atoms with Gasteiger partial charge in [-0.1, -0.05) is 42.5 Å². The van der Waals surface area contributed by atoms with Crippen LogP contribution in [0.5, 0.6) is 0 Å². The quantitative estimate of drug-likeness (QED) is 0.455. The van der Waals surface area contributed by atoms with Gasteiger partial charge in [0.25, 0.3) is 11.8 Å². The van der Waals surface area contributed by atoms with Crippen LogP contribution in [-0.2, 0) is 21.2 Å². The average molecular weight is 429 g/mol. The average Bonchev–Trinajstić information content (AvgIpc) is 3.00. The topological polar surface area (TPSA) is 113 Å². The second-order valence-corrected chi connectivity index (χ2v) is 8.92. The van der Waals surface area contributed by atoms with Gasteiger partial charge in [0.2, 0.25) is 15.9 Å². The summed E-state index contributed by atoms with van der Waals surface area (Å²) in [6.45, 7) is 1.56. The summed E-state index contributed by atoms with van der Waals surface area (Å²) in [7, 11) is -3.38. The fourth-order valence-electron chi connectivity index (χ4n) is 3.24. The predicted molar refractivity (Wildman–Crippen MR) is 111 cm³/mol. The maximum absolute atomic E-state index is 12.9. The highest BCUT2D eigenvalue weighted by atomic mass is 32.2. The lowest BCUT2D eigenvalue weighted by Crippen LogP contribution is -2.51. The zero-order valence-corrected chi connectivity index (χ0v) is 17.3. The van der Waals surface area contributed by atoms with Gasteiger partial charge >= 0.3 is 0 Å². The molecule has 0 radical (unpaired) electrons. The van der Waals surface area contributed by atoms with Crippen LogP contribution in [0.4, 0.5) is 0 Å². The van der Waals surface area contributed by atoms with Crippen molar-refractivity contribution in [2.24, 2.45) is 0 Å². The zero-order valence-electron chi connectivity index (χ0n) is 16.5. The van der Waals surface area contributed by atoms with Crippen LogP contribution in [0.15, 0.2) is 54.6 Å². The maximum atomic E-state index is 12.9. The van der Waals surface area contributed by atoms with Gasteiger partial charge in [-0.2, -0.15) is 0 Å². The van der Waals surface area contributed by atoms with Crippen molar-refractivity contribution in [3.8, 4) is 0 Å². The molecule has 158 valence electrons. The van der Waals surface area contributed by atoms with Crippen LogP contribution in [0.1, 0.15) is 33.2 Å². The Bertz CT molecular complexity index is 1020. The number of imide groups is 1. The minimum absolute atomic E-state index is 0.0160. The molecule has 2 aromatic rings. The lowest BCUT2D eigenvalue weighted by molar-refractivity contribution is -0.124. The fraction of sp³-hybridized carbons (Fsp3) is 0.286. The van der Waals surface area contributed by atoms with E-state index in [1.54, 1.807) is 24.3 Å². The fourth-order valence-corrected chi connectivity index (χ4v) is 3.86. The summed E-state index contributed by atoms with van der Waals surface area (Å²) in [5.74, 6) is -1.62. The van der Waals surface area contributed by atoms with Crippen molar-refractivity contribution in [3.05, 3.63) is 71.3 Å². The molecule has 1 aliphatic rings. The van der Waals surface area contributed by atoms with Gasteiger partial charge in [0.1, 0.15) is 6.04 Å². The van der Waals surface area contributed by atoms with Gasteiger partial charge < -0.3 is 5.32 Å². The molecule has 1 atom stereocenters. The molecular weight excluding hydrogens is 406 g/mol. The molecule has 0 spiro atoms. The Morgan fingerprint density at radius 3 is 2.07 bits per heavy atom. The molecule has 1 unspecified atom stereocenters. The predicted octanol–water partition coefficient (Wildman–Crippen LogP) is 0.949. The van der Waals surface area contributed by atoms with E-state index in [-0.39, 0.29) is 36.4 Å².